The van der Waals surface area contributed by atoms with Crippen LogP contribution in [0, 0.1) is 0 Å². The summed E-state index contributed by atoms with van der Waals surface area (Å²) in [5.74, 6) is -1.07. The number of ketones is 1. The molecule has 144 valence electrons. The van der Waals surface area contributed by atoms with Crippen LogP contribution in [0.2, 0.25) is 5.02 Å². The molecule has 6 nitrogen and oxygen atoms in total. The zero-order chi connectivity index (χ0) is 20.3. The number of thiocarbonyl (C=S) groups is 1. The maximum absolute atomic E-state index is 12.9. The van der Waals surface area contributed by atoms with Crippen LogP contribution in [-0.2, 0) is 14.3 Å². The molecule has 1 aliphatic heterocycles. The molecule has 0 aromatic heterocycles. The molecule has 28 heavy (non-hydrogen) atoms. The first-order chi connectivity index (χ1) is 13.4. The Morgan fingerprint density at radius 3 is 2.25 bits per heavy atom. The Labute approximate surface area is 172 Å². The lowest BCUT2D eigenvalue weighted by atomic mass is 9.90. The van der Waals surface area contributed by atoms with E-state index in [0.29, 0.717) is 27.1 Å². The Morgan fingerprint density at radius 1 is 1.04 bits per heavy atom. The van der Waals surface area contributed by atoms with E-state index in [1.807, 2.05) is 0 Å². The molecule has 0 unspecified atom stereocenters. The molecule has 1 aliphatic rings. The first kappa shape index (κ1) is 19.9. The SMILES string of the molecule is COC(=O)C(=O)C1=C(c2ccc(OC)cc2)NC(=S)N[C@@H]1c1ccc(Cl)cc1. The standard InChI is InChI=1S/C20H17ClN2O4S/c1-26-14-9-5-12(6-10-14)17-15(18(24)19(25)27-2)16(22-20(28)23-17)11-3-7-13(21)8-4-11/h3-10,16H,1-2H3,(H2,22,23,28)/t16-/m1/s1. The number of nitrogens with one attached hydrogen (secondary N) is 2. The summed E-state index contributed by atoms with van der Waals surface area (Å²) < 4.78 is 9.84. The zero-order valence-electron chi connectivity index (χ0n) is 15.1. The van der Waals surface area contributed by atoms with Crippen LogP contribution in [0.1, 0.15) is 17.2 Å². The number of hydrogen-bond acceptors (Lipinski definition) is 5. The summed E-state index contributed by atoms with van der Waals surface area (Å²) in [5, 5.41) is 6.93. The molecule has 2 aromatic carbocycles. The predicted octanol–water partition coefficient (Wildman–Crippen LogP) is 3.02. The quantitative estimate of drug-likeness (QED) is 0.440. The maximum atomic E-state index is 12.9. The molecule has 0 aliphatic carbocycles. The Kier molecular flexibility index (Phi) is 5.96. The fourth-order valence-electron chi connectivity index (χ4n) is 2.90. The molecule has 1 atom stereocenters. The lowest BCUT2D eigenvalue weighted by Crippen LogP contribution is -2.46. The van der Waals surface area contributed by atoms with Crippen LogP contribution < -0.4 is 15.4 Å². The van der Waals surface area contributed by atoms with E-state index in [4.69, 9.17) is 28.6 Å². The Hall–Kier alpha value is -2.90. The van der Waals surface area contributed by atoms with Gasteiger partial charge in [0.25, 0.3) is 5.78 Å². The minimum absolute atomic E-state index is 0.202. The van der Waals surface area contributed by atoms with E-state index in [-0.39, 0.29) is 5.57 Å². The molecule has 0 saturated heterocycles. The summed E-state index contributed by atoms with van der Waals surface area (Å²) in [6.07, 6.45) is 0. The first-order valence-electron chi connectivity index (χ1n) is 8.28. The number of carbonyl (C=O) groups excluding carboxylic acids is 2. The van der Waals surface area contributed by atoms with Crippen LogP contribution in [-0.4, -0.2) is 31.1 Å². The largest absolute Gasteiger partial charge is 0.497 e. The highest BCUT2D eigenvalue weighted by molar-refractivity contribution is 7.80. The molecule has 0 fully saturated rings. The highest BCUT2D eigenvalue weighted by Gasteiger charge is 2.35. The maximum Gasteiger partial charge on any atom is 0.379 e. The van der Waals surface area contributed by atoms with Gasteiger partial charge in [0, 0.05) is 5.02 Å². The molecule has 0 bridgehead atoms. The van der Waals surface area contributed by atoms with Gasteiger partial charge < -0.3 is 20.1 Å². The van der Waals surface area contributed by atoms with Crippen LogP contribution in [0.5, 0.6) is 5.75 Å². The summed E-state index contributed by atoms with van der Waals surface area (Å²) in [5.41, 5.74) is 2.04. The molecule has 0 amide bonds. The number of hydrogen-bond donors (Lipinski definition) is 2. The van der Waals surface area contributed by atoms with Gasteiger partial charge >= 0.3 is 5.97 Å². The van der Waals surface area contributed by atoms with Crippen LogP contribution >= 0.6 is 23.8 Å². The Morgan fingerprint density at radius 2 is 1.68 bits per heavy atom. The van der Waals surface area contributed by atoms with Gasteiger partial charge in [-0.3, -0.25) is 4.79 Å². The van der Waals surface area contributed by atoms with Crippen molar-refractivity contribution < 1.29 is 19.1 Å². The van der Waals surface area contributed by atoms with Crippen LogP contribution in [0.15, 0.2) is 54.1 Å². The van der Waals surface area contributed by atoms with Gasteiger partial charge in [0.15, 0.2) is 5.11 Å². The first-order valence-corrected chi connectivity index (χ1v) is 9.07. The second kappa shape index (κ2) is 8.41. The minimum Gasteiger partial charge on any atom is -0.497 e. The fourth-order valence-corrected chi connectivity index (χ4v) is 3.25. The van der Waals surface area contributed by atoms with Gasteiger partial charge in [0.05, 0.1) is 31.5 Å². The van der Waals surface area contributed by atoms with Gasteiger partial charge in [0.2, 0.25) is 0 Å². The third-order valence-electron chi connectivity index (χ3n) is 4.27. The van der Waals surface area contributed by atoms with Crippen LogP contribution in [0.25, 0.3) is 5.70 Å². The normalized spacial score (nSPS) is 16.1. The van der Waals surface area contributed by atoms with E-state index < -0.39 is 17.8 Å². The third kappa shape index (κ3) is 4.00. The van der Waals surface area contributed by atoms with Gasteiger partial charge in [-0.15, -0.1) is 0 Å². The molecular formula is C20H17ClN2O4S. The zero-order valence-corrected chi connectivity index (χ0v) is 16.7. The van der Waals surface area contributed by atoms with Crippen molar-refractivity contribution in [3.8, 4) is 5.75 Å². The minimum atomic E-state index is -0.962. The summed E-state index contributed by atoms with van der Waals surface area (Å²) in [6, 6.07) is 13.4. The van der Waals surface area contributed by atoms with Gasteiger partial charge in [0.1, 0.15) is 5.75 Å². The van der Waals surface area contributed by atoms with Crippen molar-refractivity contribution in [2.75, 3.05) is 14.2 Å². The summed E-state index contributed by atoms with van der Waals surface area (Å²) in [4.78, 5) is 25.0. The second-order valence-corrected chi connectivity index (χ2v) is 6.77. The molecule has 0 spiro atoms. The van der Waals surface area contributed by atoms with Crippen molar-refractivity contribution in [2.45, 2.75) is 6.04 Å². The Balaban J connectivity index is 2.19. The van der Waals surface area contributed by atoms with Crippen molar-refractivity contribution in [3.63, 3.8) is 0 Å². The van der Waals surface area contributed by atoms with Crippen molar-refractivity contribution in [1.82, 2.24) is 10.6 Å². The van der Waals surface area contributed by atoms with Gasteiger partial charge in [-0.05, 0) is 59.7 Å². The van der Waals surface area contributed by atoms with Gasteiger partial charge in [-0.2, -0.15) is 0 Å². The molecule has 1 heterocycles. The number of carbonyl (C=O) groups is 2. The van der Waals surface area contributed by atoms with Crippen LogP contribution in [0.3, 0.4) is 0 Å². The summed E-state index contributed by atoms with van der Waals surface area (Å²) in [6.45, 7) is 0. The molecular weight excluding hydrogens is 400 g/mol. The third-order valence-corrected chi connectivity index (χ3v) is 4.74. The molecule has 3 rings (SSSR count). The Bertz CT molecular complexity index is 955. The van der Waals surface area contributed by atoms with Crippen molar-refractivity contribution in [2.24, 2.45) is 0 Å². The smallest absolute Gasteiger partial charge is 0.379 e. The average Bonchev–Trinajstić information content (AvgIpc) is 2.72. The molecule has 0 radical (unpaired) electrons. The number of rotatable bonds is 5. The number of ether oxygens (including phenoxy) is 2. The molecule has 2 N–H and O–H groups in total. The number of benzene rings is 2. The molecule has 8 heteroatoms. The molecule has 2 aromatic rings. The second-order valence-electron chi connectivity index (χ2n) is 5.92. The van der Waals surface area contributed by atoms with E-state index >= 15 is 0 Å². The highest BCUT2D eigenvalue weighted by Crippen LogP contribution is 2.33. The number of methoxy groups -OCH3 is 2. The van der Waals surface area contributed by atoms with E-state index in [1.54, 1.807) is 55.6 Å². The highest BCUT2D eigenvalue weighted by atomic mass is 35.5. The van der Waals surface area contributed by atoms with E-state index in [0.717, 1.165) is 5.56 Å². The lowest BCUT2D eigenvalue weighted by molar-refractivity contribution is -0.150. The fraction of sp³-hybridized carbons (Fsp3) is 0.150. The topological polar surface area (TPSA) is 76.7 Å². The van der Waals surface area contributed by atoms with Crippen molar-refractivity contribution in [1.29, 1.82) is 0 Å². The van der Waals surface area contributed by atoms with Crippen molar-refractivity contribution >= 4 is 46.4 Å². The number of esters is 1. The van der Waals surface area contributed by atoms with Crippen LogP contribution in [0.4, 0.5) is 0 Å². The van der Waals surface area contributed by atoms with Crippen molar-refractivity contribution in [3.05, 3.63) is 70.3 Å². The lowest BCUT2D eigenvalue weighted by Gasteiger charge is -2.31. The number of Topliss-reactive ketones (excluding diaryl/α,β-unsaturated/α-hetero) is 1. The average molecular weight is 417 g/mol. The van der Waals surface area contributed by atoms with E-state index in [2.05, 4.69) is 15.4 Å². The van der Waals surface area contributed by atoms with E-state index in [1.165, 1.54) is 7.11 Å². The van der Waals surface area contributed by atoms with Gasteiger partial charge in [-0.1, -0.05) is 23.7 Å². The monoisotopic (exact) mass is 416 g/mol. The number of halogens is 1. The molecule has 0 saturated carbocycles. The summed E-state index contributed by atoms with van der Waals surface area (Å²) >= 11 is 11.3. The van der Waals surface area contributed by atoms with E-state index in [9.17, 15) is 9.59 Å². The predicted molar refractivity (Wildman–Crippen MR) is 110 cm³/mol. The summed E-state index contributed by atoms with van der Waals surface area (Å²) in [7, 11) is 2.73. The van der Waals surface area contributed by atoms with Gasteiger partial charge in [-0.25, -0.2) is 4.79 Å².